The number of nitrogen functional groups attached to an aromatic ring is 1. The number of oxazole rings is 1. The van der Waals surface area contributed by atoms with Crippen molar-refractivity contribution in [1.82, 2.24) is 4.98 Å². The Morgan fingerprint density at radius 2 is 2.13 bits per heavy atom. The van der Waals surface area contributed by atoms with Gasteiger partial charge in [0.25, 0.3) is 6.01 Å². The standard InChI is InChI=1S/C11H11ClN2O/c1-7-10(15-11(13)14-7)6-8-4-2-3-5-9(8)12/h2-5H,6H2,1H3,(H2,13,14). The number of aromatic nitrogens is 1. The molecule has 0 aliphatic heterocycles. The fraction of sp³-hybridized carbons (Fsp3) is 0.182. The molecule has 0 bridgehead atoms. The van der Waals surface area contributed by atoms with Gasteiger partial charge in [-0.05, 0) is 18.6 Å². The highest BCUT2D eigenvalue weighted by Crippen LogP contribution is 2.21. The van der Waals surface area contributed by atoms with Crippen LogP contribution in [0.1, 0.15) is 17.0 Å². The predicted molar refractivity (Wildman–Crippen MR) is 59.9 cm³/mol. The first-order valence-electron chi connectivity index (χ1n) is 4.62. The Morgan fingerprint density at radius 1 is 1.40 bits per heavy atom. The summed E-state index contributed by atoms with van der Waals surface area (Å²) in [4.78, 5) is 4.00. The molecule has 1 heterocycles. The van der Waals surface area contributed by atoms with E-state index in [1.54, 1.807) is 0 Å². The van der Waals surface area contributed by atoms with Gasteiger partial charge in [-0.25, -0.2) is 0 Å². The minimum Gasteiger partial charge on any atom is -0.428 e. The SMILES string of the molecule is Cc1nc(N)oc1Cc1ccccc1Cl. The Kier molecular flexibility index (Phi) is 2.64. The summed E-state index contributed by atoms with van der Waals surface area (Å²) in [5.41, 5.74) is 7.29. The first kappa shape index (κ1) is 10.1. The topological polar surface area (TPSA) is 52.0 Å². The minimum absolute atomic E-state index is 0.203. The van der Waals surface area contributed by atoms with Gasteiger partial charge < -0.3 is 10.2 Å². The molecule has 1 aromatic heterocycles. The fourth-order valence-corrected chi connectivity index (χ4v) is 1.63. The Balaban J connectivity index is 2.29. The minimum atomic E-state index is 0.203. The lowest BCUT2D eigenvalue weighted by Crippen LogP contribution is -1.89. The van der Waals surface area contributed by atoms with Gasteiger partial charge in [-0.3, -0.25) is 0 Å². The fourth-order valence-electron chi connectivity index (χ4n) is 1.43. The third kappa shape index (κ3) is 2.13. The highest BCUT2D eigenvalue weighted by atomic mass is 35.5. The Bertz CT molecular complexity index is 479. The molecule has 0 unspecified atom stereocenters. The highest BCUT2D eigenvalue weighted by molar-refractivity contribution is 6.31. The van der Waals surface area contributed by atoms with Crippen molar-refractivity contribution >= 4 is 17.6 Å². The number of hydrogen-bond acceptors (Lipinski definition) is 3. The van der Waals surface area contributed by atoms with E-state index >= 15 is 0 Å². The van der Waals surface area contributed by atoms with Gasteiger partial charge in [0, 0.05) is 11.4 Å². The summed E-state index contributed by atoms with van der Waals surface area (Å²) in [6.07, 6.45) is 0.621. The van der Waals surface area contributed by atoms with E-state index in [0.717, 1.165) is 22.0 Å². The van der Waals surface area contributed by atoms with Gasteiger partial charge in [-0.1, -0.05) is 29.8 Å². The van der Waals surface area contributed by atoms with Crippen LogP contribution in [0.3, 0.4) is 0 Å². The predicted octanol–water partition coefficient (Wildman–Crippen LogP) is 2.81. The summed E-state index contributed by atoms with van der Waals surface area (Å²) in [5.74, 6) is 0.764. The van der Waals surface area contributed by atoms with Crippen molar-refractivity contribution in [2.45, 2.75) is 13.3 Å². The van der Waals surface area contributed by atoms with E-state index in [2.05, 4.69) is 4.98 Å². The summed E-state index contributed by atoms with van der Waals surface area (Å²) >= 11 is 6.04. The van der Waals surface area contributed by atoms with E-state index in [1.807, 2.05) is 31.2 Å². The monoisotopic (exact) mass is 222 g/mol. The van der Waals surface area contributed by atoms with Gasteiger partial charge in [-0.2, -0.15) is 4.98 Å². The van der Waals surface area contributed by atoms with Crippen LogP contribution in [-0.4, -0.2) is 4.98 Å². The van der Waals surface area contributed by atoms with Gasteiger partial charge in [0.2, 0.25) is 0 Å². The van der Waals surface area contributed by atoms with Gasteiger partial charge in [0.15, 0.2) is 0 Å². The molecule has 2 aromatic rings. The summed E-state index contributed by atoms with van der Waals surface area (Å²) in [6, 6.07) is 7.85. The third-order valence-corrected chi connectivity index (χ3v) is 2.59. The van der Waals surface area contributed by atoms with Crippen LogP contribution in [0, 0.1) is 6.92 Å². The second-order valence-corrected chi connectivity index (χ2v) is 3.74. The van der Waals surface area contributed by atoms with Crippen molar-refractivity contribution in [1.29, 1.82) is 0 Å². The summed E-state index contributed by atoms with van der Waals surface area (Å²) in [5, 5.41) is 0.729. The molecule has 0 radical (unpaired) electrons. The summed E-state index contributed by atoms with van der Waals surface area (Å²) in [7, 11) is 0. The van der Waals surface area contributed by atoms with Gasteiger partial charge in [0.05, 0.1) is 5.69 Å². The van der Waals surface area contributed by atoms with E-state index in [0.29, 0.717) is 6.42 Å². The lowest BCUT2D eigenvalue weighted by atomic mass is 10.1. The molecule has 0 fully saturated rings. The molecule has 2 N–H and O–H groups in total. The molecule has 0 saturated heterocycles. The average Bonchev–Trinajstić information content (AvgIpc) is 2.49. The number of aryl methyl sites for hydroxylation is 1. The number of nitrogens with zero attached hydrogens (tertiary/aromatic N) is 1. The normalized spacial score (nSPS) is 10.5. The highest BCUT2D eigenvalue weighted by Gasteiger charge is 2.09. The first-order valence-corrected chi connectivity index (χ1v) is 5.00. The summed E-state index contributed by atoms with van der Waals surface area (Å²) in [6.45, 7) is 1.87. The van der Waals surface area contributed by atoms with E-state index in [1.165, 1.54) is 0 Å². The number of anilines is 1. The van der Waals surface area contributed by atoms with Crippen molar-refractivity contribution in [3.63, 3.8) is 0 Å². The Labute approximate surface area is 92.9 Å². The number of benzene rings is 1. The second-order valence-electron chi connectivity index (χ2n) is 3.33. The molecule has 15 heavy (non-hydrogen) atoms. The van der Waals surface area contributed by atoms with Crippen LogP contribution in [-0.2, 0) is 6.42 Å². The van der Waals surface area contributed by atoms with E-state index in [-0.39, 0.29) is 6.01 Å². The molecular formula is C11H11ClN2O. The molecule has 1 aromatic carbocycles. The van der Waals surface area contributed by atoms with Gasteiger partial charge >= 0.3 is 0 Å². The molecule has 2 rings (SSSR count). The smallest absolute Gasteiger partial charge is 0.292 e. The van der Waals surface area contributed by atoms with Crippen molar-refractivity contribution in [3.05, 3.63) is 46.3 Å². The number of rotatable bonds is 2. The van der Waals surface area contributed by atoms with E-state index in [9.17, 15) is 0 Å². The van der Waals surface area contributed by atoms with Gasteiger partial charge in [-0.15, -0.1) is 0 Å². The zero-order chi connectivity index (χ0) is 10.8. The zero-order valence-electron chi connectivity index (χ0n) is 8.33. The molecular weight excluding hydrogens is 212 g/mol. The van der Waals surface area contributed by atoms with E-state index < -0.39 is 0 Å². The lowest BCUT2D eigenvalue weighted by molar-refractivity contribution is 0.532. The summed E-state index contributed by atoms with van der Waals surface area (Å²) < 4.78 is 5.28. The lowest BCUT2D eigenvalue weighted by Gasteiger charge is -2.01. The van der Waals surface area contributed by atoms with Crippen LogP contribution in [0.4, 0.5) is 6.01 Å². The molecule has 4 heteroatoms. The van der Waals surface area contributed by atoms with Gasteiger partial charge in [0.1, 0.15) is 5.76 Å². The van der Waals surface area contributed by atoms with E-state index in [4.69, 9.17) is 21.8 Å². The number of nitrogens with two attached hydrogens (primary N) is 1. The second kappa shape index (κ2) is 3.95. The quantitative estimate of drug-likeness (QED) is 0.850. The molecule has 0 aliphatic rings. The van der Waals surface area contributed by atoms with Crippen LogP contribution in [0.25, 0.3) is 0 Å². The average molecular weight is 223 g/mol. The first-order chi connectivity index (χ1) is 7.16. The molecule has 0 aliphatic carbocycles. The molecule has 78 valence electrons. The Hall–Kier alpha value is -1.48. The Morgan fingerprint density at radius 3 is 2.73 bits per heavy atom. The molecule has 0 atom stereocenters. The largest absolute Gasteiger partial charge is 0.428 e. The van der Waals surface area contributed by atoms with Crippen LogP contribution in [0.15, 0.2) is 28.7 Å². The van der Waals surface area contributed by atoms with Crippen LogP contribution >= 0.6 is 11.6 Å². The van der Waals surface area contributed by atoms with Crippen molar-refractivity contribution < 1.29 is 4.42 Å². The maximum atomic E-state index is 6.04. The zero-order valence-corrected chi connectivity index (χ0v) is 9.08. The van der Waals surface area contributed by atoms with Crippen LogP contribution in [0.2, 0.25) is 5.02 Å². The maximum absolute atomic E-state index is 6.04. The van der Waals surface area contributed by atoms with Crippen molar-refractivity contribution in [2.75, 3.05) is 5.73 Å². The molecule has 0 amide bonds. The number of halogens is 1. The van der Waals surface area contributed by atoms with Crippen molar-refractivity contribution in [2.24, 2.45) is 0 Å². The van der Waals surface area contributed by atoms with Crippen molar-refractivity contribution in [3.8, 4) is 0 Å². The molecule has 0 saturated carbocycles. The number of hydrogen-bond donors (Lipinski definition) is 1. The molecule has 0 spiro atoms. The maximum Gasteiger partial charge on any atom is 0.292 e. The molecule has 3 nitrogen and oxygen atoms in total. The van der Waals surface area contributed by atoms with Crippen LogP contribution in [0.5, 0.6) is 0 Å². The van der Waals surface area contributed by atoms with Crippen LogP contribution < -0.4 is 5.73 Å². The third-order valence-electron chi connectivity index (χ3n) is 2.22.